The number of halogens is 1. The molecule has 1 aromatic carbocycles. The molecule has 150 valence electrons. The lowest BCUT2D eigenvalue weighted by molar-refractivity contribution is -0.121. The number of aryl methyl sites for hydroxylation is 1. The average molecular weight is 398 g/mol. The quantitative estimate of drug-likeness (QED) is 0.557. The smallest absolute Gasteiger partial charge is 0.408 e. The number of hydrogen-bond donors (Lipinski definition) is 3. The van der Waals surface area contributed by atoms with Crippen LogP contribution in [0.25, 0.3) is 0 Å². The van der Waals surface area contributed by atoms with Crippen LogP contribution in [0.15, 0.2) is 24.3 Å². The Morgan fingerprint density at radius 1 is 1.00 bits per heavy atom. The molecule has 0 aliphatic carbocycles. The first kappa shape index (κ1) is 22.8. The highest BCUT2D eigenvalue weighted by atomic mass is 35.5. The van der Waals surface area contributed by atoms with Crippen molar-refractivity contribution >= 4 is 29.5 Å². The van der Waals surface area contributed by atoms with Crippen LogP contribution in [0.5, 0.6) is 0 Å². The molecular weight excluding hydrogens is 370 g/mol. The lowest BCUT2D eigenvalue weighted by atomic mass is 10.1. The fourth-order valence-corrected chi connectivity index (χ4v) is 2.34. The second-order valence-corrected chi connectivity index (χ2v) is 7.41. The highest BCUT2D eigenvalue weighted by Gasteiger charge is 2.16. The van der Waals surface area contributed by atoms with Crippen LogP contribution >= 0.6 is 11.6 Å². The molecular formula is C19H28ClN3O4. The third-order valence-electron chi connectivity index (χ3n) is 3.37. The van der Waals surface area contributed by atoms with E-state index in [1.54, 1.807) is 26.8 Å². The molecule has 0 saturated carbocycles. The van der Waals surface area contributed by atoms with E-state index in [0.717, 1.165) is 5.56 Å². The predicted molar refractivity (Wildman–Crippen MR) is 105 cm³/mol. The Bertz CT molecular complexity index is 644. The first-order chi connectivity index (χ1) is 12.7. The van der Waals surface area contributed by atoms with Gasteiger partial charge in [-0.2, -0.15) is 0 Å². The standard InChI is InChI=1S/C19H28ClN3O4/c1-19(2,3)27-18(26)23-13-17(25)22-12-6-11-21-16(24)10-9-14-7-4-5-8-15(14)20/h4-5,7-8H,6,9-13H2,1-3H3,(H,21,24)(H,22,25)(H,23,26). The van der Waals surface area contributed by atoms with E-state index in [0.29, 0.717) is 37.4 Å². The highest BCUT2D eigenvalue weighted by Crippen LogP contribution is 2.16. The molecule has 0 aliphatic heterocycles. The minimum absolute atomic E-state index is 0.0622. The maximum absolute atomic E-state index is 11.8. The summed E-state index contributed by atoms with van der Waals surface area (Å²) >= 11 is 6.05. The van der Waals surface area contributed by atoms with Gasteiger partial charge in [0.1, 0.15) is 5.60 Å². The molecule has 3 amide bonds. The number of nitrogens with one attached hydrogen (secondary N) is 3. The van der Waals surface area contributed by atoms with E-state index in [9.17, 15) is 14.4 Å². The van der Waals surface area contributed by atoms with Crippen LogP contribution in [-0.2, 0) is 20.7 Å². The van der Waals surface area contributed by atoms with Crippen molar-refractivity contribution < 1.29 is 19.1 Å². The van der Waals surface area contributed by atoms with E-state index in [2.05, 4.69) is 16.0 Å². The van der Waals surface area contributed by atoms with Gasteiger partial charge in [-0.15, -0.1) is 0 Å². The lowest BCUT2D eigenvalue weighted by Gasteiger charge is -2.19. The number of benzene rings is 1. The first-order valence-electron chi connectivity index (χ1n) is 8.91. The van der Waals surface area contributed by atoms with Crippen molar-refractivity contribution in [3.05, 3.63) is 34.9 Å². The van der Waals surface area contributed by atoms with Gasteiger partial charge in [0.15, 0.2) is 0 Å². The highest BCUT2D eigenvalue weighted by molar-refractivity contribution is 6.31. The van der Waals surface area contributed by atoms with Gasteiger partial charge in [0.05, 0.1) is 6.54 Å². The average Bonchev–Trinajstić information content (AvgIpc) is 2.57. The van der Waals surface area contributed by atoms with Crippen LogP contribution in [0.2, 0.25) is 5.02 Å². The molecule has 0 fully saturated rings. The summed E-state index contributed by atoms with van der Waals surface area (Å²) in [4.78, 5) is 34.9. The van der Waals surface area contributed by atoms with Crippen LogP contribution in [0.3, 0.4) is 0 Å². The Morgan fingerprint density at radius 2 is 1.63 bits per heavy atom. The number of alkyl carbamates (subject to hydrolysis) is 1. The van der Waals surface area contributed by atoms with E-state index in [1.165, 1.54) is 0 Å². The van der Waals surface area contributed by atoms with Crippen molar-refractivity contribution in [2.75, 3.05) is 19.6 Å². The third kappa shape index (κ3) is 11.1. The van der Waals surface area contributed by atoms with Gasteiger partial charge in [0.2, 0.25) is 11.8 Å². The topological polar surface area (TPSA) is 96.5 Å². The number of carbonyl (C=O) groups excluding carboxylic acids is 3. The molecule has 0 radical (unpaired) electrons. The fourth-order valence-electron chi connectivity index (χ4n) is 2.11. The second-order valence-electron chi connectivity index (χ2n) is 7.00. The molecule has 27 heavy (non-hydrogen) atoms. The maximum Gasteiger partial charge on any atom is 0.408 e. The maximum atomic E-state index is 11.8. The van der Waals surface area contributed by atoms with Gasteiger partial charge < -0.3 is 20.7 Å². The summed E-state index contributed by atoms with van der Waals surface area (Å²) in [5.74, 6) is -0.376. The van der Waals surface area contributed by atoms with Gasteiger partial charge in [-0.25, -0.2) is 4.79 Å². The van der Waals surface area contributed by atoms with Crippen LogP contribution in [0.1, 0.15) is 39.2 Å². The van der Waals surface area contributed by atoms with E-state index in [1.807, 2.05) is 18.2 Å². The van der Waals surface area contributed by atoms with Crippen LogP contribution in [-0.4, -0.2) is 43.1 Å². The van der Waals surface area contributed by atoms with E-state index in [-0.39, 0.29) is 18.4 Å². The molecule has 1 aromatic rings. The molecule has 0 spiro atoms. The number of rotatable bonds is 9. The normalized spacial score (nSPS) is 10.8. The van der Waals surface area contributed by atoms with Crippen molar-refractivity contribution in [1.29, 1.82) is 0 Å². The predicted octanol–water partition coefficient (Wildman–Crippen LogP) is 2.42. The van der Waals surface area contributed by atoms with Gasteiger partial charge >= 0.3 is 6.09 Å². The van der Waals surface area contributed by atoms with Crippen molar-refractivity contribution in [2.24, 2.45) is 0 Å². The van der Waals surface area contributed by atoms with Crippen molar-refractivity contribution in [2.45, 2.75) is 45.6 Å². The zero-order valence-electron chi connectivity index (χ0n) is 16.1. The minimum Gasteiger partial charge on any atom is -0.444 e. The summed E-state index contributed by atoms with van der Waals surface area (Å²) < 4.78 is 5.03. The Balaban J connectivity index is 2.07. The summed E-state index contributed by atoms with van der Waals surface area (Å²) in [5.41, 5.74) is 0.337. The van der Waals surface area contributed by atoms with Gasteiger partial charge in [-0.05, 0) is 45.2 Å². The molecule has 0 aromatic heterocycles. The zero-order chi connectivity index (χ0) is 20.3. The molecule has 8 heteroatoms. The molecule has 0 bridgehead atoms. The van der Waals surface area contributed by atoms with Crippen molar-refractivity contribution in [1.82, 2.24) is 16.0 Å². The summed E-state index contributed by atoms with van der Waals surface area (Å²) in [6.45, 7) is 5.94. The lowest BCUT2D eigenvalue weighted by Crippen LogP contribution is -2.40. The molecule has 0 atom stereocenters. The minimum atomic E-state index is -0.636. The van der Waals surface area contributed by atoms with Gasteiger partial charge in [0.25, 0.3) is 0 Å². The number of ether oxygens (including phenoxy) is 1. The summed E-state index contributed by atoms with van der Waals surface area (Å²) in [7, 11) is 0. The molecule has 1 rings (SSSR count). The van der Waals surface area contributed by atoms with Gasteiger partial charge in [0, 0.05) is 24.5 Å². The van der Waals surface area contributed by atoms with Crippen LogP contribution in [0, 0.1) is 0 Å². The zero-order valence-corrected chi connectivity index (χ0v) is 16.8. The Labute approximate surface area is 165 Å². The second kappa shape index (κ2) is 11.4. The molecule has 3 N–H and O–H groups in total. The fraction of sp³-hybridized carbons (Fsp3) is 0.526. The Kier molecular flexibility index (Phi) is 9.64. The largest absolute Gasteiger partial charge is 0.444 e. The Morgan fingerprint density at radius 3 is 2.26 bits per heavy atom. The summed E-state index contributed by atoms with van der Waals surface area (Å²) in [6.07, 6.45) is 0.897. The molecule has 0 saturated heterocycles. The SMILES string of the molecule is CC(C)(C)OC(=O)NCC(=O)NCCCNC(=O)CCc1ccccc1Cl. The third-order valence-corrected chi connectivity index (χ3v) is 3.74. The summed E-state index contributed by atoms with van der Waals surface area (Å²) in [5, 5.41) is 8.50. The van der Waals surface area contributed by atoms with E-state index in [4.69, 9.17) is 16.3 Å². The van der Waals surface area contributed by atoms with Gasteiger partial charge in [-0.3, -0.25) is 9.59 Å². The first-order valence-corrected chi connectivity index (χ1v) is 9.29. The molecule has 0 aliphatic rings. The number of hydrogen-bond acceptors (Lipinski definition) is 4. The molecule has 0 unspecified atom stereocenters. The van der Waals surface area contributed by atoms with Crippen molar-refractivity contribution in [3.63, 3.8) is 0 Å². The molecule has 0 heterocycles. The van der Waals surface area contributed by atoms with Gasteiger partial charge in [-0.1, -0.05) is 29.8 Å². The van der Waals surface area contributed by atoms with E-state index < -0.39 is 11.7 Å². The number of amides is 3. The van der Waals surface area contributed by atoms with Crippen LogP contribution in [0.4, 0.5) is 4.79 Å². The molecule has 7 nitrogen and oxygen atoms in total. The number of carbonyl (C=O) groups is 3. The monoisotopic (exact) mass is 397 g/mol. The van der Waals surface area contributed by atoms with Crippen molar-refractivity contribution in [3.8, 4) is 0 Å². The van der Waals surface area contributed by atoms with Crippen LogP contribution < -0.4 is 16.0 Å². The Hall–Kier alpha value is -2.28. The summed E-state index contributed by atoms with van der Waals surface area (Å²) in [6, 6.07) is 7.44. The van der Waals surface area contributed by atoms with E-state index >= 15 is 0 Å².